The van der Waals surface area contributed by atoms with Crippen LogP contribution in [0.5, 0.6) is 0 Å². The molecule has 9 heteroatoms. The molecule has 142 valence electrons. The molecule has 1 aromatic carbocycles. The van der Waals surface area contributed by atoms with Gasteiger partial charge < -0.3 is 15.2 Å². The summed E-state index contributed by atoms with van der Waals surface area (Å²) in [7, 11) is 0. The van der Waals surface area contributed by atoms with Crippen molar-refractivity contribution in [2.75, 3.05) is 11.9 Å². The van der Waals surface area contributed by atoms with Crippen LogP contribution < -0.4 is 10.8 Å². The molecule has 0 bridgehead atoms. The molecule has 0 spiro atoms. The number of cyclic esters (lactones) is 2. The number of Topliss-reactive ketones (excluding diaryl/α,β-unsaturated/α-hetero) is 1. The lowest BCUT2D eigenvalue weighted by molar-refractivity contribution is -0.155. The summed E-state index contributed by atoms with van der Waals surface area (Å²) in [5, 5.41) is 13.0. The Hall–Kier alpha value is -3.46. The number of hydroxylamine groups is 1. The second-order valence-corrected chi connectivity index (χ2v) is 5.53. The van der Waals surface area contributed by atoms with Gasteiger partial charge in [-0.05, 0) is 39.0 Å². The van der Waals surface area contributed by atoms with E-state index in [-0.39, 0.29) is 16.8 Å². The lowest BCUT2D eigenvalue weighted by atomic mass is 10.0. The van der Waals surface area contributed by atoms with E-state index in [2.05, 4.69) is 15.5 Å². The number of carbonyl (C=O) groups excluding carboxylic acids is 4. The highest BCUT2D eigenvalue weighted by Gasteiger charge is 2.36. The molecule has 0 atom stereocenters. The van der Waals surface area contributed by atoms with Crippen molar-refractivity contribution in [1.82, 2.24) is 5.48 Å². The van der Waals surface area contributed by atoms with Gasteiger partial charge in [-0.2, -0.15) is 0 Å². The van der Waals surface area contributed by atoms with Crippen LogP contribution in [-0.4, -0.2) is 35.3 Å². The van der Waals surface area contributed by atoms with E-state index in [1.165, 1.54) is 13.0 Å². The average molecular weight is 374 g/mol. The van der Waals surface area contributed by atoms with E-state index in [0.717, 1.165) is 6.92 Å². The zero-order valence-corrected chi connectivity index (χ0v) is 14.9. The summed E-state index contributed by atoms with van der Waals surface area (Å²) < 4.78 is 4.51. The summed E-state index contributed by atoms with van der Waals surface area (Å²) in [6.07, 6.45) is 0. The number of aliphatic hydroxyl groups excluding tert-OH is 1. The van der Waals surface area contributed by atoms with Crippen molar-refractivity contribution in [3.05, 3.63) is 52.4 Å². The number of anilines is 1. The van der Waals surface area contributed by atoms with E-state index >= 15 is 0 Å². The molecule has 1 heterocycles. The molecule has 0 fully saturated rings. The van der Waals surface area contributed by atoms with E-state index < -0.39 is 35.0 Å². The summed E-state index contributed by atoms with van der Waals surface area (Å²) in [6.45, 7) is 4.55. The molecule has 27 heavy (non-hydrogen) atoms. The van der Waals surface area contributed by atoms with Gasteiger partial charge in [-0.15, -0.1) is 0 Å². The molecule has 0 aromatic heterocycles. The van der Waals surface area contributed by atoms with Crippen molar-refractivity contribution < 1.29 is 33.9 Å². The molecule has 1 aliphatic rings. The van der Waals surface area contributed by atoms with Crippen molar-refractivity contribution >= 4 is 29.3 Å². The Bertz CT molecular complexity index is 883. The van der Waals surface area contributed by atoms with Crippen LogP contribution in [0, 0.1) is 0 Å². The number of nitrogens with one attached hydrogen (secondary N) is 2. The first-order valence-electron chi connectivity index (χ1n) is 7.97. The molecular weight excluding hydrogens is 356 g/mol. The zero-order chi connectivity index (χ0) is 20.1. The minimum Gasteiger partial charge on any atom is -0.506 e. The summed E-state index contributed by atoms with van der Waals surface area (Å²) in [6, 6.07) is 6.26. The predicted molar refractivity (Wildman–Crippen MR) is 93.3 cm³/mol. The van der Waals surface area contributed by atoms with E-state index in [4.69, 9.17) is 4.84 Å². The van der Waals surface area contributed by atoms with Crippen LogP contribution in [0.2, 0.25) is 0 Å². The Morgan fingerprint density at radius 1 is 1.19 bits per heavy atom. The summed E-state index contributed by atoms with van der Waals surface area (Å²) in [4.78, 5) is 51.9. The maximum Gasteiger partial charge on any atom is 0.353 e. The van der Waals surface area contributed by atoms with Gasteiger partial charge in [0.25, 0.3) is 5.91 Å². The van der Waals surface area contributed by atoms with Crippen LogP contribution in [0.4, 0.5) is 5.69 Å². The maximum atomic E-state index is 12.0. The van der Waals surface area contributed by atoms with Gasteiger partial charge in [0.15, 0.2) is 5.78 Å². The van der Waals surface area contributed by atoms with E-state index in [9.17, 15) is 24.3 Å². The molecule has 1 aromatic rings. The summed E-state index contributed by atoms with van der Waals surface area (Å²) in [5.41, 5.74) is 2.15. The molecular formula is C18H18N2O7. The van der Waals surface area contributed by atoms with Crippen LogP contribution in [0.3, 0.4) is 0 Å². The molecule has 1 aliphatic heterocycles. The van der Waals surface area contributed by atoms with Crippen LogP contribution in [0.15, 0.2) is 46.9 Å². The van der Waals surface area contributed by atoms with Gasteiger partial charge in [-0.1, -0.05) is 6.07 Å². The second-order valence-electron chi connectivity index (χ2n) is 5.53. The molecule has 0 unspecified atom stereocenters. The highest BCUT2D eigenvalue weighted by atomic mass is 16.6. The smallest absolute Gasteiger partial charge is 0.353 e. The second kappa shape index (κ2) is 8.28. The fourth-order valence-electron chi connectivity index (χ4n) is 2.36. The molecule has 1 amide bonds. The largest absolute Gasteiger partial charge is 0.506 e. The first-order chi connectivity index (χ1) is 12.8. The first-order valence-corrected chi connectivity index (χ1v) is 7.97. The Morgan fingerprint density at radius 2 is 1.89 bits per heavy atom. The lowest BCUT2D eigenvalue weighted by Gasteiger charge is -2.18. The number of ketones is 1. The number of hydrogen-bond acceptors (Lipinski definition) is 8. The van der Waals surface area contributed by atoms with Crippen molar-refractivity contribution in [3.63, 3.8) is 0 Å². The molecule has 0 radical (unpaired) electrons. The minimum absolute atomic E-state index is 0.131. The van der Waals surface area contributed by atoms with E-state index in [0.29, 0.717) is 12.3 Å². The molecule has 3 N–H and O–H groups in total. The van der Waals surface area contributed by atoms with E-state index in [1.54, 1.807) is 25.1 Å². The predicted octanol–water partition coefficient (Wildman–Crippen LogP) is 1.54. The third-order valence-electron chi connectivity index (χ3n) is 3.56. The number of carbonyl (C=O) groups is 4. The average Bonchev–Trinajstić information content (AvgIpc) is 2.58. The van der Waals surface area contributed by atoms with Crippen molar-refractivity contribution in [2.24, 2.45) is 0 Å². The third kappa shape index (κ3) is 4.39. The van der Waals surface area contributed by atoms with Crippen LogP contribution in [-0.2, 0) is 24.0 Å². The van der Waals surface area contributed by atoms with Crippen LogP contribution >= 0.6 is 0 Å². The number of aliphatic hydroxyl groups is 1. The Morgan fingerprint density at radius 3 is 2.52 bits per heavy atom. The summed E-state index contributed by atoms with van der Waals surface area (Å²) >= 11 is 0. The number of hydrogen-bond donors (Lipinski definition) is 3. The van der Waals surface area contributed by atoms with Crippen molar-refractivity contribution in [2.45, 2.75) is 20.8 Å². The minimum atomic E-state index is -1.20. The molecule has 2 rings (SSSR count). The molecule has 0 saturated heterocycles. The molecule has 0 aliphatic carbocycles. The highest BCUT2D eigenvalue weighted by molar-refractivity contribution is 6.23. The topological polar surface area (TPSA) is 131 Å². The first kappa shape index (κ1) is 19.9. The quantitative estimate of drug-likeness (QED) is 0.225. The Balaban J connectivity index is 2.36. The zero-order valence-electron chi connectivity index (χ0n) is 14.9. The SMILES string of the molecule is CCONC(=O)c1cccc(N/C(C)=C2\C(=O)OC(=O)C(C(C)=O)=C2O)c1. The number of amides is 1. The number of benzene rings is 1. The van der Waals surface area contributed by atoms with Gasteiger partial charge in [0.2, 0.25) is 0 Å². The number of allylic oxidation sites excluding steroid dienone is 1. The maximum absolute atomic E-state index is 12.0. The summed E-state index contributed by atoms with van der Waals surface area (Å²) in [5.74, 6) is -4.23. The van der Waals surface area contributed by atoms with Gasteiger partial charge in [-0.25, -0.2) is 15.1 Å². The van der Waals surface area contributed by atoms with Gasteiger partial charge in [0, 0.05) is 16.9 Å². The van der Waals surface area contributed by atoms with E-state index in [1.807, 2.05) is 0 Å². The van der Waals surface area contributed by atoms with Crippen molar-refractivity contribution in [1.29, 1.82) is 0 Å². The molecule has 9 nitrogen and oxygen atoms in total. The fourth-order valence-corrected chi connectivity index (χ4v) is 2.36. The monoisotopic (exact) mass is 374 g/mol. The number of ether oxygens (including phenoxy) is 1. The fraction of sp³-hybridized carbons (Fsp3) is 0.222. The van der Waals surface area contributed by atoms with Crippen LogP contribution in [0.1, 0.15) is 31.1 Å². The third-order valence-corrected chi connectivity index (χ3v) is 3.56. The Labute approximate surface area is 154 Å². The van der Waals surface area contributed by atoms with Gasteiger partial charge in [0.05, 0.1) is 6.61 Å². The van der Waals surface area contributed by atoms with Gasteiger partial charge in [0.1, 0.15) is 16.9 Å². The van der Waals surface area contributed by atoms with Gasteiger partial charge in [-0.3, -0.25) is 14.4 Å². The number of rotatable bonds is 6. The lowest BCUT2D eigenvalue weighted by Crippen LogP contribution is -2.29. The van der Waals surface area contributed by atoms with Crippen molar-refractivity contribution in [3.8, 4) is 0 Å². The van der Waals surface area contributed by atoms with Crippen LogP contribution in [0.25, 0.3) is 0 Å². The highest BCUT2D eigenvalue weighted by Crippen LogP contribution is 2.26. The standard InChI is InChI=1S/C18H18N2O7/c1-4-26-20-16(23)11-6-5-7-12(8-11)19-9(2)13-15(22)14(10(3)21)18(25)27-17(13)24/h5-8,19,22H,4H2,1-3H3,(H,20,23)/b13-9-. The van der Waals surface area contributed by atoms with Gasteiger partial charge >= 0.3 is 11.9 Å². The molecule has 0 saturated carbocycles. The number of esters is 2. The Kier molecular flexibility index (Phi) is 6.09. The normalized spacial score (nSPS) is 16.0.